The standard InChI is InChI=1S/C13H20ClNO3S/c1-10(2)6-7-18-8-9-19(16,17)13-11(14)4-3-5-12(13)15/h3-5,10H,6-9,15H2,1-2H3. The van der Waals surface area contributed by atoms with Crippen molar-refractivity contribution in [1.29, 1.82) is 0 Å². The Hall–Kier alpha value is -0.780. The fourth-order valence-corrected chi connectivity index (χ4v) is 3.41. The summed E-state index contributed by atoms with van der Waals surface area (Å²) in [4.78, 5) is 0.00382. The van der Waals surface area contributed by atoms with E-state index in [2.05, 4.69) is 13.8 Å². The Balaban J connectivity index is 2.62. The van der Waals surface area contributed by atoms with E-state index in [0.29, 0.717) is 12.5 Å². The molecule has 0 saturated heterocycles. The molecule has 0 aliphatic rings. The van der Waals surface area contributed by atoms with E-state index in [9.17, 15) is 8.42 Å². The van der Waals surface area contributed by atoms with Gasteiger partial charge in [-0.2, -0.15) is 0 Å². The Bertz CT molecular complexity index is 494. The fourth-order valence-electron chi connectivity index (χ4n) is 1.55. The summed E-state index contributed by atoms with van der Waals surface area (Å²) in [5, 5.41) is 0.155. The zero-order chi connectivity index (χ0) is 14.5. The number of nitrogen functional groups attached to an aromatic ring is 1. The van der Waals surface area contributed by atoms with E-state index >= 15 is 0 Å². The average Bonchev–Trinajstić information content (AvgIpc) is 2.27. The molecule has 6 heteroatoms. The number of nitrogens with two attached hydrogens (primary N) is 1. The van der Waals surface area contributed by atoms with E-state index in [4.69, 9.17) is 22.1 Å². The number of benzene rings is 1. The van der Waals surface area contributed by atoms with E-state index in [0.717, 1.165) is 6.42 Å². The molecule has 0 atom stereocenters. The van der Waals surface area contributed by atoms with Gasteiger partial charge in [0.15, 0.2) is 9.84 Å². The highest BCUT2D eigenvalue weighted by atomic mass is 35.5. The fraction of sp³-hybridized carbons (Fsp3) is 0.538. The van der Waals surface area contributed by atoms with Gasteiger partial charge in [-0.25, -0.2) is 8.42 Å². The van der Waals surface area contributed by atoms with E-state index < -0.39 is 9.84 Å². The molecule has 0 aliphatic heterocycles. The SMILES string of the molecule is CC(C)CCOCCS(=O)(=O)c1c(N)cccc1Cl. The van der Waals surface area contributed by atoms with Crippen molar-refractivity contribution in [2.24, 2.45) is 5.92 Å². The summed E-state index contributed by atoms with van der Waals surface area (Å²) >= 11 is 5.90. The molecule has 0 amide bonds. The van der Waals surface area contributed by atoms with Crippen LogP contribution in [-0.4, -0.2) is 27.4 Å². The summed E-state index contributed by atoms with van der Waals surface area (Å²) in [5.41, 5.74) is 5.85. The molecule has 2 N–H and O–H groups in total. The molecule has 0 bridgehead atoms. The molecule has 1 rings (SSSR count). The number of hydrogen-bond acceptors (Lipinski definition) is 4. The Morgan fingerprint density at radius 2 is 2.00 bits per heavy atom. The van der Waals surface area contributed by atoms with E-state index in [1.807, 2.05) is 0 Å². The second kappa shape index (κ2) is 7.12. The monoisotopic (exact) mass is 305 g/mol. The predicted octanol–water partition coefficient (Wildman–Crippen LogP) is 2.76. The molecule has 19 heavy (non-hydrogen) atoms. The van der Waals surface area contributed by atoms with Crippen LogP contribution < -0.4 is 5.73 Å². The first-order chi connectivity index (χ1) is 8.84. The summed E-state index contributed by atoms with van der Waals surface area (Å²) < 4.78 is 29.6. The van der Waals surface area contributed by atoms with Crippen LogP contribution in [0.5, 0.6) is 0 Å². The summed E-state index contributed by atoms with van der Waals surface area (Å²) in [7, 11) is -3.50. The lowest BCUT2D eigenvalue weighted by atomic mass is 10.1. The van der Waals surface area contributed by atoms with Gasteiger partial charge in [0.25, 0.3) is 0 Å². The lowest BCUT2D eigenvalue weighted by Crippen LogP contribution is -2.15. The molecule has 0 heterocycles. The highest BCUT2D eigenvalue weighted by Crippen LogP contribution is 2.27. The minimum Gasteiger partial charge on any atom is -0.398 e. The second-order valence-electron chi connectivity index (χ2n) is 4.77. The molecule has 0 fully saturated rings. The van der Waals surface area contributed by atoms with Crippen molar-refractivity contribution >= 4 is 27.1 Å². The Morgan fingerprint density at radius 3 is 2.58 bits per heavy atom. The van der Waals surface area contributed by atoms with Crippen LogP contribution in [0.15, 0.2) is 23.1 Å². The summed E-state index contributed by atoms with van der Waals surface area (Å²) in [5.74, 6) is 0.426. The van der Waals surface area contributed by atoms with Crippen molar-refractivity contribution in [3.8, 4) is 0 Å². The number of anilines is 1. The molecule has 0 radical (unpaired) electrons. The molecule has 108 valence electrons. The molecular weight excluding hydrogens is 286 g/mol. The van der Waals surface area contributed by atoms with Crippen LogP contribution in [-0.2, 0) is 14.6 Å². The molecule has 1 aromatic rings. The van der Waals surface area contributed by atoms with Gasteiger partial charge < -0.3 is 10.5 Å². The van der Waals surface area contributed by atoms with Crippen molar-refractivity contribution in [3.63, 3.8) is 0 Å². The van der Waals surface area contributed by atoms with E-state index in [1.165, 1.54) is 12.1 Å². The third-order valence-corrected chi connectivity index (χ3v) is 4.85. The number of ether oxygens (including phenoxy) is 1. The molecule has 1 aromatic carbocycles. The third kappa shape index (κ3) is 5.01. The third-order valence-electron chi connectivity index (χ3n) is 2.64. The Kier molecular flexibility index (Phi) is 6.10. The van der Waals surface area contributed by atoms with Crippen LogP contribution in [0, 0.1) is 5.92 Å². The topological polar surface area (TPSA) is 69.4 Å². The van der Waals surface area contributed by atoms with Crippen molar-refractivity contribution in [2.45, 2.75) is 25.2 Å². The van der Waals surface area contributed by atoms with Crippen molar-refractivity contribution < 1.29 is 13.2 Å². The van der Waals surface area contributed by atoms with Gasteiger partial charge in [-0.3, -0.25) is 0 Å². The molecule has 0 unspecified atom stereocenters. The number of hydrogen-bond donors (Lipinski definition) is 1. The van der Waals surface area contributed by atoms with Gasteiger partial charge in [0.05, 0.1) is 23.1 Å². The van der Waals surface area contributed by atoms with Gasteiger partial charge in [-0.15, -0.1) is 0 Å². The Morgan fingerprint density at radius 1 is 1.32 bits per heavy atom. The maximum absolute atomic E-state index is 12.1. The summed E-state index contributed by atoms with van der Waals surface area (Å²) in [6.07, 6.45) is 0.911. The minimum absolute atomic E-state index is 0.00382. The van der Waals surface area contributed by atoms with Crippen LogP contribution in [0.3, 0.4) is 0 Å². The lowest BCUT2D eigenvalue weighted by Gasteiger charge is -2.10. The van der Waals surface area contributed by atoms with E-state index in [1.54, 1.807) is 6.07 Å². The molecule has 0 aliphatic carbocycles. The first kappa shape index (κ1) is 16.3. The van der Waals surface area contributed by atoms with Crippen molar-refractivity contribution in [2.75, 3.05) is 24.7 Å². The number of rotatable bonds is 7. The highest BCUT2D eigenvalue weighted by molar-refractivity contribution is 7.91. The summed E-state index contributed by atoms with van der Waals surface area (Å²) in [6.45, 7) is 4.89. The van der Waals surface area contributed by atoms with Crippen LogP contribution in [0.1, 0.15) is 20.3 Å². The molecule has 0 saturated carbocycles. The second-order valence-corrected chi connectivity index (χ2v) is 7.23. The maximum Gasteiger partial charge on any atom is 0.184 e. The van der Waals surface area contributed by atoms with E-state index in [-0.39, 0.29) is 28.0 Å². The zero-order valence-corrected chi connectivity index (χ0v) is 12.8. The van der Waals surface area contributed by atoms with Gasteiger partial charge in [0, 0.05) is 6.61 Å². The molecule has 0 spiro atoms. The van der Waals surface area contributed by atoms with Crippen LogP contribution in [0.2, 0.25) is 5.02 Å². The molecular formula is C13H20ClNO3S. The van der Waals surface area contributed by atoms with Gasteiger partial charge in [0.1, 0.15) is 4.90 Å². The predicted molar refractivity (Wildman–Crippen MR) is 78.2 cm³/mol. The van der Waals surface area contributed by atoms with Gasteiger partial charge in [-0.1, -0.05) is 31.5 Å². The number of halogens is 1. The molecule has 4 nitrogen and oxygen atoms in total. The Labute approximate surface area is 119 Å². The van der Waals surface area contributed by atoms with Crippen molar-refractivity contribution in [1.82, 2.24) is 0 Å². The highest BCUT2D eigenvalue weighted by Gasteiger charge is 2.20. The van der Waals surface area contributed by atoms with Gasteiger partial charge in [-0.05, 0) is 24.5 Å². The zero-order valence-electron chi connectivity index (χ0n) is 11.2. The quantitative estimate of drug-likeness (QED) is 0.621. The van der Waals surface area contributed by atoms with Crippen LogP contribution >= 0.6 is 11.6 Å². The minimum atomic E-state index is -3.50. The smallest absolute Gasteiger partial charge is 0.184 e. The van der Waals surface area contributed by atoms with Crippen molar-refractivity contribution in [3.05, 3.63) is 23.2 Å². The molecule has 0 aromatic heterocycles. The van der Waals surface area contributed by atoms with Gasteiger partial charge in [0.2, 0.25) is 0 Å². The maximum atomic E-state index is 12.1. The first-order valence-electron chi connectivity index (χ1n) is 6.19. The average molecular weight is 306 g/mol. The normalized spacial score (nSPS) is 12.0. The largest absolute Gasteiger partial charge is 0.398 e. The number of sulfone groups is 1. The van der Waals surface area contributed by atoms with Crippen LogP contribution in [0.25, 0.3) is 0 Å². The van der Waals surface area contributed by atoms with Gasteiger partial charge >= 0.3 is 0 Å². The van der Waals surface area contributed by atoms with Crippen LogP contribution in [0.4, 0.5) is 5.69 Å². The first-order valence-corrected chi connectivity index (χ1v) is 8.22. The lowest BCUT2D eigenvalue weighted by molar-refractivity contribution is 0.137. The summed E-state index contributed by atoms with van der Waals surface area (Å²) in [6, 6.07) is 4.67.